The summed E-state index contributed by atoms with van der Waals surface area (Å²) >= 11 is 14.4. The van der Waals surface area contributed by atoms with E-state index in [0.29, 0.717) is 10.0 Å². The van der Waals surface area contributed by atoms with Gasteiger partial charge in [0.25, 0.3) is 0 Å². The average Bonchev–Trinajstić information content (AvgIpc) is 2.39. The normalized spacial score (nSPS) is 15.8. The van der Waals surface area contributed by atoms with Crippen molar-refractivity contribution in [3.8, 4) is 0 Å². The quantitative estimate of drug-likeness (QED) is 0.916. The molecule has 0 aliphatic carbocycles. The average molecular weight is 306 g/mol. The van der Waals surface area contributed by atoms with Gasteiger partial charge in [0.2, 0.25) is 0 Å². The molecule has 2 rings (SSSR count). The second-order valence-electron chi connectivity index (χ2n) is 4.15. The zero-order valence-electron chi connectivity index (χ0n) is 10.4. The molecule has 0 aromatic carbocycles. The number of anilines is 2. The Morgan fingerprint density at radius 3 is 2.72 bits per heavy atom. The highest BCUT2D eigenvalue weighted by molar-refractivity contribution is 7.99. The van der Waals surface area contributed by atoms with Crippen LogP contribution in [-0.4, -0.2) is 36.1 Å². The van der Waals surface area contributed by atoms with E-state index in [-0.39, 0.29) is 0 Å². The zero-order chi connectivity index (χ0) is 13.0. The molecule has 2 heterocycles. The molecule has 100 valence electrons. The third kappa shape index (κ3) is 3.37. The van der Waals surface area contributed by atoms with Crippen molar-refractivity contribution in [2.75, 3.05) is 41.4 Å². The van der Waals surface area contributed by atoms with Gasteiger partial charge in [0, 0.05) is 31.1 Å². The van der Waals surface area contributed by atoms with E-state index in [9.17, 15) is 0 Å². The summed E-state index contributed by atoms with van der Waals surface area (Å²) < 4.78 is 0. The Kier molecular flexibility index (Phi) is 5.27. The van der Waals surface area contributed by atoms with Crippen LogP contribution in [0.5, 0.6) is 0 Å². The van der Waals surface area contributed by atoms with Crippen LogP contribution in [-0.2, 0) is 0 Å². The number of halogens is 2. The standard InChI is InChI=1S/C12H17Cl2N3S/c1-2-3-15-11-9(13)8-10(14)12(16-11)17-4-6-18-7-5-17/h8H,2-7H2,1H3,(H,15,16). The van der Waals surface area contributed by atoms with E-state index in [1.165, 1.54) is 0 Å². The predicted molar refractivity (Wildman–Crippen MR) is 82.6 cm³/mol. The Morgan fingerprint density at radius 1 is 1.33 bits per heavy atom. The number of hydrogen-bond donors (Lipinski definition) is 1. The van der Waals surface area contributed by atoms with Crippen LogP contribution < -0.4 is 10.2 Å². The summed E-state index contributed by atoms with van der Waals surface area (Å²) in [7, 11) is 0. The molecular formula is C12H17Cl2N3S. The van der Waals surface area contributed by atoms with Gasteiger partial charge in [-0.15, -0.1) is 0 Å². The number of thioether (sulfide) groups is 1. The van der Waals surface area contributed by atoms with Crippen LogP contribution in [0.4, 0.5) is 11.6 Å². The third-order valence-electron chi connectivity index (χ3n) is 2.76. The van der Waals surface area contributed by atoms with Crippen molar-refractivity contribution in [1.29, 1.82) is 0 Å². The molecular weight excluding hydrogens is 289 g/mol. The zero-order valence-corrected chi connectivity index (χ0v) is 12.7. The van der Waals surface area contributed by atoms with E-state index in [4.69, 9.17) is 23.2 Å². The van der Waals surface area contributed by atoms with E-state index in [1.54, 1.807) is 6.07 Å². The molecule has 1 aromatic heterocycles. The van der Waals surface area contributed by atoms with Crippen LogP contribution in [0.25, 0.3) is 0 Å². The maximum Gasteiger partial charge on any atom is 0.150 e. The summed E-state index contributed by atoms with van der Waals surface area (Å²) in [6.45, 7) is 4.96. The van der Waals surface area contributed by atoms with Gasteiger partial charge in [0.15, 0.2) is 0 Å². The Labute approximate surface area is 122 Å². The van der Waals surface area contributed by atoms with Crippen LogP contribution in [0.1, 0.15) is 13.3 Å². The van der Waals surface area contributed by atoms with Gasteiger partial charge >= 0.3 is 0 Å². The van der Waals surface area contributed by atoms with Crippen LogP contribution in [0.15, 0.2) is 6.07 Å². The lowest BCUT2D eigenvalue weighted by atomic mass is 10.3. The van der Waals surface area contributed by atoms with E-state index >= 15 is 0 Å². The van der Waals surface area contributed by atoms with Crippen molar-refractivity contribution in [3.63, 3.8) is 0 Å². The number of pyridine rings is 1. The lowest BCUT2D eigenvalue weighted by molar-refractivity contribution is 0.838. The molecule has 0 radical (unpaired) electrons. The first kappa shape index (κ1) is 14.1. The van der Waals surface area contributed by atoms with Gasteiger partial charge in [0.05, 0.1) is 10.0 Å². The lowest BCUT2D eigenvalue weighted by Gasteiger charge is -2.28. The highest BCUT2D eigenvalue weighted by Gasteiger charge is 2.17. The first-order valence-corrected chi connectivity index (χ1v) is 8.06. The van der Waals surface area contributed by atoms with E-state index in [1.807, 2.05) is 11.8 Å². The molecule has 1 fully saturated rings. The second-order valence-corrected chi connectivity index (χ2v) is 6.19. The molecule has 0 bridgehead atoms. The SMILES string of the molecule is CCCNc1nc(N2CCSCC2)c(Cl)cc1Cl. The highest BCUT2D eigenvalue weighted by atomic mass is 35.5. The molecule has 1 aromatic rings. The summed E-state index contributed by atoms with van der Waals surface area (Å²) in [5.74, 6) is 3.83. The van der Waals surface area contributed by atoms with Crippen LogP contribution in [0.3, 0.4) is 0 Å². The number of nitrogens with zero attached hydrogens (tertiary/aromatic N) is 2. The molecule has 18 heavy (non-hydrogen) atoms. The maximum absolute atomic E-state index is 6.25. The van der Waals surface area contributed by atoms with Crippen molar-refractivity contribution < 1.29 is 0 Å². The molecule has 0 spiro atoms. The second kappa shape index (κ2) is 6.73. The van der Waals surface area contributed by atoms with Crippen LogP contribution >= 0.6 is 35.0 Å². The smallest absolute Gasteiger partial charge is 0.150 e. The molecule has 1 N–H and O–H groups in total. The molecule has 0 saturated carbocycles. The molecule has 6 heteroatoms. The Hall–Kier alpha value is -0.320. The summed E-state index contributed by atoms with van der Waals surface area (Å²) in [5.41, 5.74) is 0. The van der Waals surface area contributed by atoms with Gasteiger partial charge in [-0.2, -0.15) is 11.8 Å². The fraction of sp³-hybridized carbons (Fsp3) is 0.583. The van der Waals surface area contributed by atoms with Crippen molar-refractivity contribution in [2.24, 2.45) is 0 Å². The highest BCUT2D eigenvalue weighted by Crippen LogP contribution is 2.32. The number of nitrogens with one attached hydrogen (secondary N) is 1. The third-order valence-corrected chi connectivity index (χ3v) is 4.27. The van der Waals surface area contributed by atoms with Gasteiger partial charge < -0.3 is 10.2 Å². The molecule has 0 amide bonds. The summed E-state index contributed by atoms with van der Waals surface area (Å²) in [5, 5.41) is 4.46. The van der Waals surface area contributed by atoms with Crippen LogP contribution in [0, 0.1) is 0 Å². The topological polar surface area (TPSA) is 28.2 Å². The first-order chi connectivity index (χ1) is 8.72. The Balaban J connectivity index is 2.22. The van der Waals surface area contributed by atoms with Crippen LogP contribution in [0.2, 0.25) is 10.0 Å². The van der Waals surface area contributed by atoms with Gasteiger partial charge in [-0.05, 0) is 12.5 Å². The molecule has 3 nitrogen and oxygen atoms in total. The Morgan fingerprint density at radius 2 is 2.06 bits per heavy atom. The fourth-order valence-electron chi connectivity index (χ4n) is 1.82. The molecule has 1 aliphatic rings. The largest absolute Gasteiger partial charge is 0.369 e. The van der Waals surface area contributed by atoms with Gasteiger partial charge in [-0.1, -0.05) is 30.1 Å². The molecule has 0 atom stereocenters. The van der Waals surface area contributed by atoms with Crippen molar-refractivity contribution in [2.45, 2.75) is 13.3 Å². The minimum Gasteiger partial charge on any atom is -0.369 e. The monoisotopic (exact) mass is 305 g/mol. The predicted octanol–water partition coefficient (Wildman–Crippen LogP) is 3.76. The summed E-state index contributed by atoms with van der Waals surface area (Å²) in [4.78, 5) is 6.80. The molecule has 0 unspecified atom stereocenters. The minimum absolute atomic E-state index is 0.587. The fourth-order valence-corrected chi connectivity index (χ4v) is 3.27. The van der Waals surface area contributed by atoms with Crippen molar-refractivity contribution in [3.05, 3.63) is 16.1 Å². The summed E-state index contributed by atoms with van der Waals surface area (Å²) in [6.07, 6.45) is 1.04. The van der Waals surface area contributed by atoms with E-state index in [0.717, 1.165) is 49.2 Å². The lowest BCUT2D eigenvalue weighted by Crippen LogP contribution is -2.33. The summed E-state index contributed by atoms with van der Waals surface area (Å²) in [6, 6.07) is 1.78. The van der Waals surface area contributed by atoms with E-state index < -0.39 is 0 Å². The van der Waals surface area contributed by atoms with Gasteiger partial charge in [-0.25, -0.2) is 4.98 Å². The van der Waals surface area contributed by atoms with Crippen molar-refractivity contribution in [1.82, 2.24) is 4.98 Å². The Bertz CT molecular complexity index is 409. The van der Waals surface area contributed by atoms with Gasteiger partial charge in [0.1, 0.15) is 11.6 Å². The molecule has 1 saturated heterocycles. The van der Waals surface area contributed by atoms with Crippen molar-refractivity contribution >= 4 is 46.6 Å². The van der Waals surface area contributed by atoms with Gasteiger partial charge in [-0.3, -0.25) is 0 Å². The first-order valence-electron chi connectivity index (χ1n) is 6.15. The molecule has 1 aliphatic heterocycles. The number of aromatic nitrogens is 1. The number of rotatable bonds is 4. The number of hydrogen-bond acceptors (Lipinski definition) is 4. The minimum atomic E-state index is 0.587. The maximum atomic E-state index is 6.25. The van der Waals surface area contributed by atoms with E-state index in [2.05, 4.69) is 22.1 Å².